The molecule has 0 bridgehead atoms. The van der Waals surface area contributed by atoms with Crippen molar-refractivity contribution in [1.82, 2.24) is 15.0 Å². The van der Waals surface area contributed by atoms with Crippen molar-refractivity contribution in [2.45, 2.75) is 20.3 Å². The largest absolute Gasteiger partial charge is 0.508 e. The normalized spacial score (nSPS) is 11.0. The molecule has 0 radical (unpaired) electrons. The van der Waals surface area contributed by atoms with Gasteiger partial charge in [-0.15, -0.1) is 11.3 Å². The van der Waals surface area contributed by atoms with Crippen molar-refractivity contribution in [1.29, 1.82) is 0 Å². The number of imidazole rings is 1. The van der Waals surface area contributed by atoms with Gasteiger partial charge in [-0.25, -0.2) is 9.97 Å². The number of benzene rings is 1. The van der Waals surface area contributed by atoms with Crippen molar-refractivity contribution in [2.24, 2.45) is 0 Å². The van der Waals surface area contributed by atoms with Crippen LogP contribution in [0.15, 0.2) is 23.7 Å². The van der Waals surface area contributed by atoms with E-state index in [1.807, 2.05) is 19.2 Å². The average Bonchev–Trinajstić information content (AvgIpc) is 3.07. The molecule has 0 saturated heterocycles. The minimum Gasteiger partial charge on any atom is -0.508 e. The third-order valence-corrected chi connectivity index (χ3v) is 4.25. The number of aromatic amines is 1. The molecule has 0 fully saturated rings. The topological polar surface area (TPSA) is 82.0 Å². The first-order chi connectivity index (χ1) is 10.1. The zero-order chi connectivity index (χ0) is 15.0. The molecule has 21 heavy (non-hydrogen) atoms. The molecular formula is C15H15N3O2S. The maximum Gasteiger partial charge on any atom is 0.141 e. The summed E-state index contributed by atoms with van der Waals surface area (Å²) in [5.74, 6) is 0.659. The fourth-order valence-electron chi connectivity index (χ4n) is 2.14. The van der Waals surface area contributed by atoms with E-state index < -0.39 is 0 Å². The summed E-state index contributed by atoms with van der Waals surface area (Å²) in [6, 6.07) is 3.10. The number of hydrogen-bond donors (Lipinski definition) is 3. The Morgan fingerprint density at radius 1 is 1.24 bits per heavy atom. The minimum absolute atomic E-state index is 0.000851. The van der Waals surface area contributed by atoms with E-state index in [0.29, 0.717) is 17.8 Å². The Balaban J connectivity index is 2.04. The molecular weight excluding hydrogens is 286 g/mol. The van der Waals surface area contributed by atoms with E-state index in [9.17, 15) is 10.2 Å². The van der Waals surface area contributed by atoms with E-state index >= 15 is 0 Å². The highest BCUT2D eigenvalue weighted by atomic mass is 32.1. The second-order valence-electron chi connectivity index (χ2n) is 4.79. The molecule has 0 unspecified atom stereocenters. The van der Waals surface area contributed by atoms with E-state index in [4.69, 9.17) is 0 Å². The van der Waals surface area contributed by atoms with E-state index in [-0.39, 0.29) is 11.5 Å². The van der Waals surface area contributed by atoms with Gasteiger partial charge in [0.25, 0.3) is 0 Å². The smallest absolute Gasteiger partial charge is 0.141 e. The lowest BCUT2D eigenvalue weighted by atomic mass is 10.1. The van der Waals surface area contributed by atoms with Crippen molar-refractivity contribution < 1.29 is 10.2 Å². The maximum absolute atomic E-state index is 10.0. The molecule has 0 spiro atoms. The van der Waals surface area contributed by atoms with E-state index in [1.54, 1.807) is 23.6 Å². The first kappa shape index (κ1) is 13.6. The number of H-pyrrole nitrogens is 1. The van der Waals surface area contributed by atoms with Crippen LogP contribution >= 0.6 is 11.3 Å². The summed E-state index contributed by atoms with van der Waals surface area (Å²) >= 11 is 1.54. The van der Waals surface area contributed by atoms with Crippen molar-refractivity contribution in [3.63, 3.8) is 0 Å². The number of hydrogen-bond acceptors (Lipinski definition) is 5. The van der Waals surface area contributed by atoms with Crippen LogP contribution in [0.1, 0.15) is 18.2 Å². The highest BCUT2D eigenvalue weighted by Gasteiger charge is 2.14. The zero-order valence-corrected chi connectivity index (χ0v) is 12.5. The molecule has 108 valence electrons. The van der Waals surface area contributed by atoms with Gasteiger partial charge in [-0.2, -0.15) is 0 Å². The number of thiazole rings is 1. The maximum atomic E-state index is 10.0. The van der Waals surface area contributed by atoms with Gasteiger partial charge in [0.05, 0.1) is 17.5 Å². The number of phenolic OH excluding ortho intramolecular Hbond substituents is 2. The standard InChI is InChI=1S/C15H15N3O2S/c1-3-9-4-10(13(20)5-12(9)19)14-16-6-11(18-14)15-17-8(2)7-21-15/h4-7,19-20H,3H2,1-2H3,(H,16,18). The molecule has 0 atom stereocenters. The Labute approximate surface area is 126 Å². The van der Waals surface area contributed by atoms with Gasteiger partial charge in [0.15, 0.2) is 0 Å². The van der Waals surface area contributed by atoms with Gasteiger partial charge in [0, 0.05) is 17.1 Å². The second kappa shape index (κ2) is 5.21. The van der Waals surface area contributed by atoms with E-state index in [1.165, 1.54) is 6.07 Å². The lowest BCUT2D eigenvalue weighted by Crippen LogP contribution is -1.87. The molecule has 2 aromatic heterocycles. The van der Waals surface area contributed by atoms with Crippen LogP contribution in [0.25, 0.3) is 22.1 Å². The molecule has 3 aromatic rings. The van der Waals surface area contributed by atoms with Crippen molar-refractivity contribution in [2.75, 3.05) is 0 Å². The number of aromatic hydroxyl groups is 2. The summed E-state index contributed by atoms with van der Waals surface area (Å²) < 4.78 is 0. The van der Waals surface area contributed by atoms with Crippen LogP contribution in [0, 0.1) is 6.92 Å². The van der Waals surface area contributed by atoms with E-state index in [0.717, 1.165) is 22.0 Å². The van der Waals surface area contributed by atoms with Crippen LogP contribution in [0.4, 0.5) is 0 Å². The summed E-state index contributed by atoms with van der Waals surface area (Å²) in [5, 5.41) is 22.6. The predicted octanol–water partition coefficient (Wildman–Crippen LogP) is 3.48. The number of aromatic nitrogens is 3. The quantitative estimate of drug-likeness (QED) is 0.691. The molecule has 0 saturated carbocycles. The van der Waals surface area contributed by atoms with Crippen LogP contribution in [0.5, 0.6) is 11.5 Å². The first-order valence-corrected chi connectivity index (χ1v) is 7.49. The highest BCUT2D eigenvalue weighted by Crippen LogP contribution is 2.34. The monoisotopic (exact) mass is 301 g/mol. The van der Waals surface area contributed by atoms with Crippen molar-refractivity contribution in [3.8, 4) is 33.6 Å². The summed E-state index contributed by atoms with van der Waals surface area (Å²) in [5.41, 5.74) is 3.12. The highest BCUT2D eigenvalue weighted by molar-refractivity contribution is 7.13. The number of aryl methyl sites for hydroxylation is 2. The lowest BCUT2D eigenvalue weighted by Gasteiger charge is -2.07. The number of phenols is 2. The minimum atomic E-state index is 0.000851. The van der Waals surface area contributed by atoms with Crippen LogP contribution in [-0.2, 0) is 6.42 Å². The lowest BCUT2D eigenvalue weighted by molar-refractivity contribution is 0.447. The van der Waals surface area contributed by atoms with Gasteiger partial charge in [-0.1, -0.05) is 6.92 Å². The summed E-state index contributed by atoms with van der Waals surface area (Å²) in [4.78, 5) is 11.9. The number of nitrogens with one attached hydrogen (secondary N) is 1. The van der Waals surface area contributed by atoms with Crippen LogP contribution < -0.4 is 0 Å². The third-order valence-electron chi connectivity index (χ3n) is 3.26. The molecule has 0 aliphatic rings. The molecule has 3 N–H and O–H groups in total. The Morgan fingerprint density at radius 2 is 2.05 bits per heavy atom. The Morgan fingerprint density at radius 3 is 2.71 bits per heavy atom. The van der Waals surface area contributed by atoms with Crippen molar-refractivity contribution in [3.05, 3.63) is 35.0 Å². The van der Waals surface area contributed by atoms with Gasteiger partial charge < -0.3 is 15.2 Å². The number of nitrogens with zero attached hydrogens (tertiary/aromatic N) is 2. The van der Waals surface area contributed by atoms with Crippen molar-refractivity contribution >= 4 is 11.3 Å². The molecule has 3 rings (SSSR count). The Kier molecular flexibility index (Phi) is 3.39. The van der Waals surface area contributed by atoms with E-state index in [2.05, 4.69) is 15.0 Å². The third kappa shape index (κ3) is 2.50. The van der Waals surface area contributed by atoms with Crippen LogP contribution in [-0.4, -0.2) is 25.2 Å². The molecule has 0 amide bonds. The molecule has 1 aromatic carbocycles. The summed E-state index contributed by atoms with van der Waals surface area (Å²) in [6.45, 7) is 3.89. The Hall–Kier alpha value is -2.34. The van der Waals surface area contributed by atoms with Crippen LogP contribution in [0.2, 0.25) is 0 Å². The van der Waals surface area contributed by atoms with Gasteiger partial charge in [0.1, 0.15) is 22.3 Å². The fourth-order valence-corrected chi connectivity index (χ4v) is 2.90. The molecule has 6 heteroatoms. The van der Waals surface area contributed by atoms with Crippen LogP contribution in [0.3, 0.4) is 0 Å². The molecule has 0 aliphatic carbocycles. The number of rotatable bonds is 3. The molecule has 5 nitrogen and oxygen atoms in total. The van der Waals surface area contributed by atoms with Gasteiger partial charge >= 0.3 is 0 Å². The molecule has 0 aliphatic heterocycles. The Bertz CT molecular complexity index is 792. The SMILES string of the molecule is CCc1cc(-c2ncc(-c3nc(C)cs3)[nH]2)c(O)cc1O. The van der Waals surface area contributed by atoms with Gasteiger partial charge in [-0.05, 0) is 25.0 Å². The summed E-state index contributed by atoms with van der Waals surface area (Å²) in [7, 11) is 0. The van der Waals surface area contributed by atoms with Gasteiger partial charge in [-0.3, -0.25) is 0 Å². The first-order valence-electron chi connectivity index (χ1n) is 6.61. The predicted molar refractivity (Wildman–Crippen MR) is 82.6 cm³/mol. The van der Waals surface area contributed by atoms with Gasteiger partial charge in [0.2, 0.25) is 0 Å². The molecule has 2 heterocycles. The zero-order valence-electron chi connectivity index (χ0n) is 11.7. The average molecular weight is 301 g/mol. The summed E-state index contributed by atoms with van der Waals surface area (Å²) in [6.07, 6.45) is 2.38. The fraction of sp³-hybridized carbons (Fsp3) is 0.200. The second-order valence-corrected chi connectivity index (χ2v) is 5.65.